The van der Waals surface area contributed by atoms with Gasteiger partial charge in [-0.15, -0.1) is 0 Å². The second kappa shape index (κ2) is 5.85. The van der Waals surface area contributed by atoms with Crippen LogP contribution < -0.4 is 10.5 Å². The molecule has 2 atom stereocenters. The van der Waals surface area contributed by atoms with Gasteiger partial charge in [0, 0.05) is 13.7 Å². The number of likely N-dealkylation sites (tertiary alicyclic amines) is 1. The van der Waals surface area contributed by atoms with Crippen molar-refractivity contribution < 1.29 is 9.47 Å². The van der Waals surface area contributed by atoms with Crippen molar-refractivity contribution in [3.05, 3.63) is 23.3 Å². The molecule has 0 amide bonds. The molecule has 2 unspecified atom stereocenters. The van der Waals surface area contributed by atoms with Crippen LogP contribution in [0.4, 0.5) is 5.69 Å². The number of aryl methyl sites for hydroxylation is 1. The molecule has 2 N–H and O–H groups in total. The summed E-state index contributed by atoms with van der Waals surface area (Å²) in [7, 11) is 3.92. The molecule has 1 aromatic rings. The van der Waals surface area contributed by atoms with Crippen molar-refractivity contribution in [2.75, 3.05) is 26.4 Å². The Balaban J connectivity index is 1.83. The number of ether oxygens (including phenoxy) is 2. The molecule has 0 radical (unpaired) electrons. The zero-order chi connectivity index (χ0) is 15.0. The van der Waals surface area contributed by atoms with Crippen molar-refractivity contribution in [2.24, 2.45) is 0 Å². The SMILES string of the molecule is COC1CC(c2cc(OC3CC3)c(N)cc2C)CCN1C. The van der Waals surface area contributed by atoms with Gasteiger partial charge >= 0.3 is 0 Å². The molecule has 1 aromatic carbocycles. The Morgan fingerprint density at radius 3 is 2.67 bits per heavy atom. The van der Waals surface area contributed by atoms with E-state index in [2.05, 4.69) is 31.0 Å². The van der Waals surface area contributed by atoms with Crippen molar-refractivity contribution in [2.45, 2.75) is 50.9 Å². The molecule has 3 rings (SSSR count). The second-order valence-corrected chi connectivity index (χ2v) is 6.46. The molecule has 1 saturated carbocycles. The van der Waals surface area contributed by atoms with Crippen molar-refractivity contribution >= 4 is 5.69 Å². The third-order valence-electron chi connectivity index (χ3n) is 4.74. The molecule has 1 aliphatic carbocycles. The molecular weight excluding hydrogens is 264 g/mol. The van der Waals surface area contributed by atoms with Crippen LogP contribution in [0, 0.1) is 6.92 Å². The van der Waals surface area contributed by atoms with Gasteiger partial charge in [-0.2, -0.15) is 0 Å². The number of nitrogens with two attached hydrogens (primary N) is 1. The van der Waals surface area contributed by atoms with Crippen molar-refractivity contribution in [1.82, 2.24) is 4.90 Å². The predicted octanol–water partition coefficient (Wildman–Crippen LogP) is 2.90. The molecular formula is C17H26N2O2. The maximum atomic E-state index is 6.11. The van der Waals surface area contributed by atoms with E-state index in [0.717, 1.165) is 43.7 Å². The smallest absolute Gasteiger partial charge is 0.142 e. The number of nitrogens with zero attached hydrogens (tertiary/aromatic N) is 1. The standard InChI is InChI=1S/C17H26N2O2/c1-11-8-15(18)16(21-13-4-5-13)10-14(11)12-6-7-19(2)17(9-12)20-3/h8,10,12-13,17H,4-7,9,18H2,1-3H3. The molecule has 4 heteroatoms. The van der Waals surface area contributed by atoms with E-state index in [-0.39, 0.29) is 6.23 Å². The molecule has 0 spiro atoms. The highest BCUT2D eigenvalue weighted by atomic mass is 16.5. The molecule has 2 fully saturated rings. The third kappa shape index (κ3) is 3.16. The minimum atomic E-state index is 0.202. The molecule has 1 saturated heterocycles. The average molecular weight is 290 g/mol. The van der Waals surface area contributed by atoms with Crippen LogP contribution in [-0.4, -0.2) is 37.9 Å². The molecule has 21 heavy (non-hydrogen) atoms. The molecule has 1 aliphatic heterocycles. The molecule has 2 aliphatic rings. The first-order valence-corrected chi connectivity index (χ1v) is 7.88. The number of piperidine rings is 1. The van der Waals surface area contributed by atoms with Crippen molar-refractivity contribution in [3.8, 4) is 5.75 Å². The van der Waals surface area contributed by atoms with E-state index < -0.39 is 0 Å². The zero-order valence-corrected chi connectivity index (χ0v) is 13.3. The molecule has 1 heterocycles. The van der Waals surface area contributed by atoms with Gasteiger partial charge in [0.2, 0.25) is 0 Å². The van der Waals surface area contributed by atoms with E-state index in [4.69, 9.17) is 15.2 Å². The number of hydrogen-bond acceptors (Lipinski definition) is 4. The zero-order valence-electron chi connectivity index (χ0n) is 13.3. The normalized spacial score (nSPS) is 26.8. The summed E-state index contributed by atoms with van der Waals surface area (Å²) in [5.74, 6) is 1.39. The lowest BCUT2D eigenvalue weighted by atomic mass is 9.85. The monoisotopic (exact) mass is 290 g/mol. The summed E-state index contributed by atoms with van der Waals surface area (Å²) in [6, 6.07) is 4.23. The summed E-state index contributed by atoms with van der Waals surface area (Å²) in [5.41, 5.74) is 9.51. The van der Waals surface area contributed by atoms with E-state index in [0.29, 0.717) is 12.0 Å². The number of benzene rings is 1. The summed E-state index contributed by atoms with van der Waals surface area (Å²) in [4.78, 5) is 2.28. The van der Waals surface area contributed by atoms with Crippen LogP contribution in [0.15, 0.2) is 12.1 Å². The van der Waals surface area contributed by atoms with Crippen LogP contribution in [0.3, 0.4) is 0 Å². The first-order valence-electron chi connectivity index (χ1n) is 7.88. The highest BCUT2D eigenvalue weighted by molar-refractivity contribution is 5.57. The van der Waals surface area contributed by atoms with E-state index in [1.54, 1.807) is 7.11 Å². The minimum Gasteiger partial charge on any atom is -0.488 e. The Labute approximate surface area is 127 Å². The van der Waals surface area contributed by atoms with Gasteiger partial charge in [0.1, 0.15) is 12.0 Å². The van der Waals surface area contributed by atoms with Gasteiger partial charge in [0.15, 0.2) is 0 Å². The number of hydrogen-bond donors (Lipinski definition) is 1. The van der Waals surface area contributed by atoms with Gasteiger partial charge in [0.05, 0.1) is 11.8 Å². The van der Waals surface area contributed by atoms with Crippen molar-refractivity contribution in [1.29, 1.82) is 0 Å². The Kier molecular flexibility index (Phi) is 4.09. The Morgan fingerprint density at radius 1 is 1.24 bits per heavy atom. The lowest BCUT2D eigenvalue weighted by Gasteiger charge is -2.36. The lowest BCUT2D eigenvalue weighted by molar-refractivity contribution is -0.0469. The first-order chi connectivity index (χ1) is 10.1. The van der Waals surface area contributed by atoms with E-state index >= 15 is 0 Å². The fourth-order valence-corrected chi connectivity index (χ4v) is 3.24. The first kappa shape index (κ1) is 14.7. The van der Waals surface area contributed by atoms with Gasteiger partial charge in [0.25, 0.3) is 0 Å². The van der Waals surface area contributed by atoms with Gasteiger partial charge in [-0.1, -0.05) is 0 Å². The topological polar surface area (TPSA) is 47.7 Å². The fraction of sp³-hybridized carbons (Fsp3) is 0.647. The van der Waals surface area contributed by atoms with Crippen LogP contribution >= 0.6 is 0 Å². The molecule has 0 aromatic heterocycles. The molecule has 4 nitrogen and oxygen atoms in total. The van der Waals surface area contributed by atoms with Gasteiger partial charge < -0.3 is 15.2 Å². The maximum Gasteiger partial charge on any atom is 0.142 e. The number of rotatable bonds is 4. The fourth-order valence-electron chi connectivity index (χ4n) is 3.24. The quantitative estimate of drug-likeness (QED) is 0.866. The predicted molar refractivity (Wildman–Crippen MR) is 84.6 cm³/mol. The number of anilines is 1. The van der Waals surface area contributed by atoms with E-state index in [1.807, 2.05) is 0 Å². The Hall–Kier alpha value is -1.26. The van der Waals surface area contributed by atoms with Gasteiger partial charge in [-0.3, -0.25) is 4.90 Å². The molecule has 116 valence electrons. The van der Waals surface area contributed by atoms with E-state index in [9.17, 15) is 0 Å². The van der Waals surface area contributed by atoms with Crippen LogP contribution in [0.25, 0.3) is 0 Å². The van der Waals surface area contributed by atoms with Gasteiger partial charge in [-0.05, 0) is 68.8 Å². The van der Waals surface area contributed by atoms with Crippen LogP contribution in [0.1, 0.15) is 42.7 Å². The second-order valence-electron chi connectivity index (χ2n) is 6.46. The summed E-state index contributed by atoms with van der Waals surface area (Å²) < 4.78 is 11.5. The maximum absolute atomic E-state index is 6.11. The highest BCUT2D eigenvalue weighted by Gasteiger charge is 2.29. The summed E-state index contributed by atoms with van der Waals surface area (Å²) in [6.45, 7) is 3.21. The van der Waals surface area contributed by atoms with Gasteiger partial charge in [-0.25, -0.2) is 0 Å². The summed E-state index contributed by atoms with van der Waals surface area (Å²) >= 11 is 0. The Morgan fingerprint density at radius 2 is 2.00 bits per heavy atom. The number of methoxy groups -OCH3 is 1. The van der Waals surface area contributed by atoms with Crippen LogP contribution in [0.2, 0.25) is 0 Å². The Bertz CT molecular complexity index is 514. The minimum absolute atomic E-state index is 0.202. The largest absolute Gasteiger partial charge is 0.488 e. The third-order valence-corrected chi connectivity index (χ3v) is 4.74. The van der Waals surface area contributed by atoms with E-state index in [1.165, 1.54) is 11.1 Å². The summed E-state index contributed by atoms with van der Waals surface area (Å²) in [6.07, 6.45) is 5.08. The summed E-state index contributed by atoms with van der Waals surface area (Å²) in [5, 5.41) is 0. The highest BCUT2D eigenvalue weighted by Crippen LogP contribution is 2.38. The lowest BCUT2D eigenvalue weighted by Crippen LogP contribution is -2.40. The van der Waals surface area contributed by atoms with Crippen molar-refractivity contribution in [3.63, 3.8) is 0 Å². The average Bonchev–Trinajstić information content (AvgIpc) is 3.27. The number of nitrogen functional groups attached to an aromatic ring is 1. The van der Waals surface area contributed by atoms with Crippen LogP contribution in [0.5, 0.6) is 5.75 Å². The van der Waals surface area contributed by atoms with Crippen LogP contribution in [-0.2, 0) is 4.74 Å². The molecule has 0 bridgehead atoms.